The van der Waals surface area contributed by atoms with Crippen LogP contribution in [0.25, 0.3) is 0 Å². The van der Waals surface area contributed by atoms with Gasteiger partial charge in [-0.2, -0.15) is 0 Å². The van der Waals surface area contributed by atoms with Gasteiger partial charge in [0.25, 0.3) is 5.91 Å². The van der Waals surface area contributed by atoms with Crippen molar-refractivity contribution in [1.29, 1.82) is 0 Å². The minimum Gasteiger partial charge on any atom is -0.341 e. The third-order valence-electron chi connectivity index (χ3n) is 9.62. The van der Waals surface area contributed by atoms with Gasteiger partial charge in [0.1, 0.15) is 18.1 Å². The summed E-state index contributed by atoms with van der Waals surface area (Å²) in [5, 5.41) is 8.21. The van der Waals surface area contributed by atoms with E-state index in [4.69, 9.17) is 0 Å². The van der Waals surface area contributed by atoms with Gasteiger partial charge in [0.05, 0.1) is 0 Å². The van der Waals surface area contributed by atoms with Gasteiger partial charge in [0, 0.05) is 53.6 Å². The van der Waals surface area contributed by atoms with Gasteiger partial charge in [-0.25, -0.2) is 9.80 Å². The van der Waals surface area contributed by atoms with Crippen LogP contribution in [-0.4, -0.2) is 132 Å². The third kappa shape index (κ3) is 12.9. The Morgan fingerprint density at radius 1 is 0.830 bits per heavy atom. The fourth-order valence-corrected chi connectivity index (χ4v) is 6.70. The molecule has 53 heavy (non-hydrogen) atoms. The summed E-state index contributed by atoms with van der Waals surface area (Å²) in [5.74, 6) is -2.84. The molecule has 0 aliphatic carbocycles. The van der Waals surface area contributed by atoms with E-state index in [1.807, 2.05) is 58.0 Å². The number of amides is 7. The van der Waals surface area contributed by atoms with Crippen LogP contribution in [0.1, 0.15) is 92.1 Å². The standard InChI is InChI=1S/C39H63N7O7/c1-10-18-33(48)46(21-11-2)44(9)31(24-27(3)4)35(49)41-39(53)42(7)32(25-29-19-14-12-15-20-29)38(52)43(8)34(28(5)6)36(50)40-30(26-47)37(51)45-22-16-13-17-23-45/h12,14-15,19-20,26-28,30-32,34H,10-11,13,16-18,21-25H2,1-9H3,(H,40,50)(H,41,49,53)/t30-,31-,32-,34?/m0/s1. The van der Waals surface area contributed by atoms with Crippen LogP contribution in [0.3, 0.4) is 0 Å². The van der Waals surface area contributed by atoms with E-state index >= 15 is 0 Å². The van der Waals surface area contributed by atoms with Crippen LogP contribution in [0.2, 0.25) is 0 Å². The number of hydrogen-bond acceptors (Lipinski definition) is 8. The first kappa shape index (κ1) is 44.8. The highest BCUT2D eigenvalue weighted by molar-refractivity contribution is 6.02. The van der Waals surface area contributed by atoms with Crippen molar-refractivity contribution in [3.8, 4) is 0 Å². The molecule has 1 aliphatic heterocycles. The van der Waals surface area contributed by atoms with Gasteiger partial charge in [-0.1, -0.05) is 71.9 Å². The summed E-state index contributed by atoms with van der Waals surface area (Å²) >= 11 is 0. The number of carbonyl (C=O) groups excluding carboxylic acids is 7. The molecule has 1 aromatic carbocycles. The normalized spacial score (nSPS) is 15.3. The molecule has 0 aromatic heterocycles. The molecule has 14 heteroatoms. The summed E-state index contributed by atoms with van der Waals surface area (Å²) in [4.78, 5) is 98.0. The minimum atomic E-state index is -1.40. The molecular weight excluding hydrogens is 678 g/mol. The molecule has 2 N–H and O–H groups in total. The van der Waals surface area contributed by atoms with Crippen LogP contribution in [0.4, 0.5) is 4.79 Å². The lowest BCUT2D eigenvalue weighted by Gasteiger charge is -2.38. The quantitative estimate of drug-likeness (QED) is 0.124. The number of hydrogen-bond donors (Lipinski definition) is 2. The number of benzene rings is 1. The van der Waals surface area contributed by atoms with Crippen molar-refractivity contribution in [2.24, 2.45) is 11.8 Å². The lowest BCUT2D eigenvalue weighted by molar-refractivity contribution is -0.155. The third-order valence-corrected chi connectivity index (χ3v) is 9.62. The van der Waals surface area contributed by atoms with Gasteiger partial charge in [0.15, 0.2) is 12.3 Å². The maximum atomic E-state index is 14.4. The van der Waals surface area contributed by atoms with Gasteiger partial charge < -0.3 is 24.8 Å². The monoisotopic (exact) mass is 741 g/mol. The van der Waals surface area contributed by atoms with E-state index in [9.17, 15) is 33.6 Å². The number of likely N-dealkylation sites (tertiary alicyclic amines) is 1. The molecule has 0 bridgehead atoms. The number of likely N-dealkylation sites (N-methyl/N-ethyl adjacent to an activating group) is 3. The molecule has 296 valence electrons. The highest BCUT2D eigenvalue weighted by atomic mass is 16.2. The van der Waals surface area contributed by atoms with Crippen molar-refractivity contribution >= 4 is 41.9 Å². The average Bonchev–Trinajstić information content (AvgIpc) is 3.13. The summed E-state index contributed by atoms with van der Waals surface area (Å²) in [6, 6.07) is 3.76. The maximum Gasteiger partial charge on any atom is 0.324 e. The molecule has 4 atom stereocenters. The first-order valence-corrected chi connectivity index (χ1v) is 19.0. The largest absolute Gasteiger partial charge is 0.341 e. The number of imide groups is 1. The zero-order valence-electron chi connectivity index (χ0n) is 33.3. The number of urea groups is 1. The Bertz CT molecular complexity index is 1380. The van der Waals surface area contributed by atoms with E-state index in [2.05, 4.69) is 10.6 Å². The van der Waals surface area contributed by atoms with Crippen LogP contribution < -0.4 is 10.6 Å². The smallest absolute Gasteiger partial charge is 0.324 e. The lowest BCUT2D eigenvalue weighted by atomic mass is 9.98. The summed E-state index contributed by atoms with van der Waals surface area (Å²) < 4.78 is 0. The van der Waals surface area contributed by atoms with Crippen molar-refractivity contribution < 1.29 is 33.6 Å². The predicted octanol–water partition coefficient (Wildman–Crippen LogP) is 3.25. The number of aldehydes is 1. The molecule has 14 nitrogen and oxygen atoms in total. The first-order chi connectivity index (χ1) is 25.1. The van der Waals surface area contributed by atoms with Crippen molar-refractivity contribution in [2.45, 2.75) is 117 Å². The van der Waals surface area contributed by atoms with Crippen LogP contribution >= 0.6 is 0 Å². The summed E-state index contributed by atoms with van der Waals surface area (Å²) in [7, 11) is 4.54. The predicted molar refractivity (Wildman–Crippen MR) is 203 cm³/mol. The zero-order chi connectivity index (χ0) is 39.8. The Labute approximate surface area is 315 Å². The van der Waals surface area contributed by atoms with E-state index < -0.39 is 59.7 Å². The molecule has 7 amide bonds. The van der Waals surface area contributed by atoms with E-state index in [-0.39, 0.29) is 18.2 Å². The number of nitrogens with zero attached hydrogens (tertiary/aromatic N) is 5. The van der Waals surface area contributed by atoms with E-state index in [1.54, 1.807) is 35.8 Å². The van der Waals surface area contributed by atoms with Crippen LogP contribution in [0, 0.1) is 11.8 Å². The molecule has 1 saturated heterocycles. The molecule has 0 radical (unpaired) electrons. The molecule has 0 saturated carbocycles. The van der Waals surface area contributed by atoms with Gasteiger partial charge >= 0.3 is 6.03 Å². The Balaban J connectivity index is 2.38. The molecule has 1 heterocycles. The molecule has 1 aliphatic rings. The van der Waals surface area contributed by atoms with Crippen LogP contribution in [-0.2, 0) is 35.2 Å². The summed E-state index contributed by atoms with van der Waals surface area (Å²) in [6.45, 7) is 12.7. The molecule has 1 unspecified atom stereocenters. The van der Waals surface area contributed by atoms with Crippen molar-refractivity contribution in [2.75, 3.05) is 40.8 Å². The zero-order valence-corrected chi connectivity index (χ0v) is 33.3. The first-order valence-electron chi connectivity index (χ1n) is 19.0. The highest BCUT2D eigenvalue weighted by Gasteiger charge is 2.39. The number of piperidine rings is 1. The van der Waals surface area contributed by atoms with Gasteiger partial charge in [0.2, 0.25) is 23.6 Å². The fourth-order valence-electron chi connectivity index (χ4n) is 6.70. The second kappa shape index (κ2) is 22.0. The fraction of sp³-hybridized carbons (Fsp3) is 0.667. The molecule has 1 fully saturated rings. The number of carbonyl (C=O) groups is 7. The topological polar surface area (TPSA) is 160 Å². The van der Waals surface area contributed by atoms with Gasteiger partial charge in [-0.05, 0) is 55.9 Å². The molecular formula is C39H63N7O7. The summed E-state index contributed by atoms with van der Waals surface area (Å²) in [5.41, 5.74) is 0.742. The Morgan fingerprint density at radius 3 is 1.98 bits per heavy atom. The number of rotatable bonds is 19. The number of hydrazine groups is 1. The Morgan fingerprint density at radius 2 is 1.45 bits per heavy atom. The van der Waals surface area contributed by atoms with Crippen LogP contribution in [0.15, 0.2) is 30.3 Å². The second-order valence-corrected chi connectivity index (χ2v) is 14.7. The van der Waals surface area contributed by atoms with E-state index in [0.29, 0.717) is 51.6 Å². The Hall–Kier alpha value is -4.33. The molecule has 1 aromatic rings. The van der Waals surface area contributed by atoms with Crippen molar-refractivity contribution in [3.05, 3.63) is 35.9 Å². The molecule has 0 spiro atoms. The minimum absolute atomic E-state index is 0.0555. The lowest BCUT2D eigenvalue weighted by Crippen LogP contribution is -2.61. The van der Waals surface area contributed by atoms with Gasteiger partial charge in [-0.3, -0.25) is 34.3 Å². The van der Waals surface area contributed by atoms with E-state index in [0.717, 1.165) is 29.7 Å². The van der Waals surface area contributed by atoms with Gasteiger partial charge in [-0.15, -0.1) is 0 Å². The van der Waals surface area contributed by atoms with Crippen molar-refractivity contribution in [3.63, 3.8) is 0 Å². The molecule has 2 rings (SSSR count). The van der Waals surface area contributed by atoms with Crippen molar-refractivity contribution in [1.82, 2.24) is 35.4 Å². The Kier molecular flexibility index (Phi) is 18.6. The average molecular weight is 742 g/mol. The number of nitrogens with one attached hydrogen (secondary N) is 2. The highest BCUT2D eigenvalue weighted by Crippen LogP contribution is 2.19. The SMILES string of the molecule is CCCC(=O)N(CCC)N(C)[C@@H](CC(C)C)C(=O)NC(=O)N(C)[C@@H](Cc1ccccc1)C(=O)N(C)C(C(=O)N[C@@H](C=O)C(=O)N1CCCCC1)C(C)C. The second-order valence-electron chi connectivity index (χ2n) is 14.7. The van der Waals surface area contributed by atoms with Crippen LogP contribution in [0.5, 0.6) is 0 Å². The summed E-state index contributed by atoms with van der Waals surface area (Å²) in [6.07, 6.45) is 5.11. The maximum absolute atomic E-state index is 14.4. The van der Waals surface area contributed by atoms with E-state index in [1.165, 1.54) is 19.0 Å².